The van der Waals surface area contributed by atoms with Gasteiger partial charge in [0.25, 0.3) is 11.5 Å². The Morgan fingerprint density at radius 2 is 1.53 bits per heavy atom. The Labute approximate surface area is 277 Å². The molecule has 45 heavy (non-hydrogen) atoms. The van der Waals surface area contributed by atoms with Crippen molar-refractivity contribution in [2.75, 3.05) is 37.6 Å². The zero-order valence-corrected chi connectivity index (χ0v) is 28.5. The van der Waals surface area contributed by atoms with Crippen LogP contribution in [-0.4, -0.2) is 62.1 Å². The maximum absolute atomic E-state index is 14.0. The average Bonchev–Trinajstić information content (AvgIpc) is 3.31. The fourth-order valence-electron chi connectivity index (χ4n) is 6.21. The second-order valence-corrected chi connectivity index (χ2v) is 14.0. The molecule has 2 aromatic heterocycles. The first-order valence-corrected chi connectivity index (χ1v) is 18.0. The first-order valence-electron chi connectivity index (χ1n) is 16.7. The molecule has 2 saturated heterocycles. The molecule has 2 aliphatic rings. The number of carbonyl (C=O) groups excluding carboxylic acids is 1. The van der Waals surface area contributed by atoms with E-state index in [4.69, 9.17) is 17.2 Å². The molecule has 2 aliphatic heterocycles. The van der Waals surface area contributed by atoms with E-state index in [1.54, 1.807) is 21.6 Å². The van der Waals surface area contributed by atoms with Crippen molar-refractivity contribution in [3.63, 3.8) is 0 Å². The number of thioether (sulfide) groups is 1. The lowest BCUT2D eigenvalue weighted by molar-refractivity contribution is -0.122. The van der Waals surface area contributed by atoms with Crippen LogP contribution in [0.15, 0.2) is 58.4 Å². The molecule has 0 N–H and O–H groups in total. The molecule has 1 amide bonds. The van der Waals surface area contributed by atoms with E-state index in [0.29, 0.717) is 32.8 Å². The molecule has 2 fully saturated rings. The van der Waals surface area contributed by atoms with Crippen LogP contribution in [0, 0.1) is 6.92 Å². The van der Waals surface area contributed by atoms with Crippen LogP contribution in [-0.2, 0) is 11.3 Å². The number of aryl methyl sites for hydroxylation is 1. The van der Waals surface area contributed by atoms with Gasteiger partial charge < -0.3 is 4.90 Å². The third kappa shape index (κ3) is 8.63. The molecule has 9 heteroatoms. The number of hydrogen-bond acceptors (Lipinski definition) is 7. The summed E-state index contributed by atoms with van der Waals surface area (Å²) in [6.07, 6.45) is 15.9. The number of unbranched alkanes of at least 4 members (excludes halogenated alkanes) is 9. The second kappa shape index (κ2) is 16.5. The minimum Gasteiger partial charge on any atom is -0.353 e. The Bertz CT molecular complexity index is 1550. The van der Waals surface area contributed by atoms with Gasteiger partial charge in [-0.05, 0) is 36.6 Å². The molecule has 7 nitrogen and oxygen atoms in total. The standard InChI is InChI=1S/C36H47N5O2S2/c1-3-4-5-6-7-8-9-10-11-15-20-41-35(43)31(45-36(41)44)26-30-33(37-32-28(2)17-16-21-40(32)34(30)42)39-24-22-38(23-25-39)27-29-18-13-12-14-19-29/h12-14,16-19,21,26H,3-11,15,20,22-25,27H2,1-2H3/b31-26+. The van der Waals surface area contributed by atoms with Gasteiger partial charge in [-0.25, -0.2) is 4.98 Å². The van der Waals surface area contributed by atoms with E-state index in [1.807, 2.05) is 25.1 Å². The number of benzene rings is 1. The minimum atomic E-state index is -0.162. The van der Waals surface area contributed by atoms with Crippen molar-refractivity contribution in [3.8, 4) is 0 Å². The number of hydrogen-bond donors (Lipinski definition) is 0. The first-order chi connectivity index (χ1) is 22.0. The highest BCUT2D eigenvalue weighted by molar-refractivity contribution is 8.26. The van der Waals surface area contributed by atoms with E-state index in [1.165, 1.54) is 68.7 Å². The molecule has 1 aromatic carbocycles. The molecule has 0 unspecified atom stereocenters. The van der Waals surface area contributed by atoms with Crippen LogP contribution in [0.2, 0.25) is 0 Å². The van der Waals surface area contributed by atoms with Crippen molar-refractivity contribution >= 4 is 51.7 Å². The van der Waals surface area contributed by atoms with Crippen LogP contribution in [0.4, 0.5) is 5.82 Å². The maximum Gasteiger partial charge on any atom is 0.267 e. The number of pyridine rings is 1. The number of aromatic nitrogens is 2. The molecule has 3 aromatic rings. The summed E-state index contributed by atoms with van der Waals surface area (Å²) in [5.74, 6) is 0.543. The average molecular weight is 646 g/mol. The summed E-state index contributed by atoms with van der Waals surface area (Å²) in [6.45, 7) is 8.99. The van der Waals surface area contributed by atoms with Gasteiger partial charge in [0.1, 0.15) is 15.8 Å². The molecule has 0 saturated carbocycles. The van der Waals surface area contributed by atoms with Gasteiger partial charge in [-0.2, -0.15) is 0 Å². The number of piperazine rings is 1. The van der Waals surface area contributed by atoms with E-state index < -0.39 is 0 Å². The predicted octanol–water partition coefficient (Wildman–Crippen LogP) is 7.45. The largest absolute Gasteiger partial charge is 0.353 e. The zero-order chi connectivity index (χ0) is 31.6. The molecule has 0 bridgehead atoms. The van der Waals surface area contributed by atoms with E-state index >= 15 is 0 Å². The lowest BCUT2D eigenvalue weighted by Gasteiger charge is -2.36. The third-order valence-electron chi connectivity index (χ3n) is 8.87. The van der Waals surface area contributed by atoms with Crippen molar-refractivity contribution in [2.24, 2.45) is 0 Å². The van der Waals surface area contributed by atoms with Crippen molar-refractivity contribution < 1.29 is 4.79 Å². The van der Waals surface area contributed by atoms with Crippen LogP contribution in [0.1, 0.15) is 87.8 Å². The maximum atomic E-state index is 14.0. The lowest BCUT2D eigenvalue weighted by Crippen LogP contribution is -2.47. The first kappa shape index (κ1) is 33.4. The third-order valence-corrected chi connectivity index (χ3v) is 10.2. The molecule has 4 heterocycles. The highest BCUT2D eigenvalue weighted by Crippen LogP contribution is 2.34. The van der Waals surface area contributed by atoms with Crippen LogP contribution < -0.4 is 10.5 Å². The molecule has 0 spiro atoms. The van der Waals surface area contributed by atoms with E-state index in [0.717, 1.165) is 51.1 Å². The smallest absolute Gasteiger partial charge is 0.267 e. The van der Waals surface area contributed by atoms with Crippen molar-refractivity contribution in [3.05, 3.63) is 80.6 Å². The Morgan fingerprint density at radius 1 is 0.867 bits per heavy atom. The zero-order valence-electron chi connectivity index (χ0n) is 26.9. The summed E-state index contributed by atoms with van der Waals surface area (Å²) in [4.78, 5) is 39.4. The van der Waals surface area contributed by atoms with Gasteiger partial charge in [0, 0.05) is 45.5 Å². The highest BCUT2D eigenvalue weighted by Gasteiger charge is 2.33. The molecule has 240 valence electrons. The van der Waals surface area contributed by atoms with Crippen LogP contribution in [0.3, 0.4) is 0 Å². The number of rotatable bonds is 15. The van der Waals surface area contributed by atoms with Gasteiger partial charge >= 0.3 is 0 Å². The van der Waals surface area contributed by atoms with Crippen molar-refractivity contribution in [1.82, 2.24) is 19.2 Å². The number of anilines is 1. The molecular weight excluding hydrogens is 599 g/mol. The van der Waals surface area contributed by atoms with Crippen LogP contribution in [0.5, 0.6) is 0 Å². The molecule has 5 rings (SSSR count). The quantitative estimate of drug-likeness (QED) is 0.0967. The van der Waals surface area contributed by atoms with E-state index in [9.17, 15) is 9.59 Å². The number of nitrogens with zero attached hydrogens (tertiary/aromatic N) is 5. The topological polar surface area (TPSA) is 61.2 Å². The van der Waals surface area contributed by atoms with Gasteiger partial charge in [-0.1, -0.05) is 125 Å². The SMILES string of the molecule is CCCCCCCCCCCCN1C(=O)/C(=C\c2c(N3CCN(Cc4ccccc4)CC3)nc3c(C)cccn3c2=O)SC1=S. The van der Waals surface area contributed by atoms with Gasteiger partial charge in [0.15, 0.2) is 0 Å². The summed E-state index contributed by atoms with van der Waals surface area (Å²) >= 11 is 6.94. The van der Waals surface area contributed by atoms with E-state index in [-0.39, 0.29) is 11.5 Å². The summed E-state index contributed by atoms with van der Waals surface area (Å²) in [5.41, 5.74) is 3.17. The van der Waals surface area contributed by atoms with Crippen molar-refractivity contribution in [2.45, 2.75) is 84.6 Å². The summed E-state index contributed by atoms with van der Waals surface area (Å²) in [5, 5.41) is 0. The summed E-state index contributed by atoms with van der Waals surface area (Å²) < 4.78 is 2.17. The predicted molar refractivity (Wildman–Crippen MR) is 192 cm³/mol. The molecule has 0 aliphatic carbocycles. The van der Waals surface area contributed by atoms with E-state index in [2.05, 4.69) is 41.0 Å². The Morgan fingerprint density at radius 3 is 2.22 bits per heavy atom. The number of thiocarbonyl (C=S) groups is 1. The van der Waals surface area contributed by atoms with Gasteiger partial charge in [-0.3, -0.25) is 23.8 Å². The molecular formula is C36H47N5O2S2. The van der Waals surface area contributed by atoms with Crippen molar-refractivity contribution in [1.29, 1.82) is 0 Å². The van der Waals surface area contributed by atoms with Gasteiger partial charge in [0.05, 0.1) is 10.5 Å². The Hall–Kier alpha value is -3.01. The number of fused-ring (bicyclic) bond motifs is 1. The summed E-state index contributed by atoms with van der Waals surface area (Å²) in [7, 11) is 0. The van der Waals surface area contributed by atoms with Crippen LogP contribution in [0.25, 0.3) is 11.7 Å². The molecule has 0 radical (unpaired) electrons. The fraction of sp³-hybridized carbons (Fsp3) is 0.500. The number of amides is 1. The lowest BCUT2D eigenvalue weighted by atomic mass is 10.1. The number of carbonyl (C=O) groups is 1. The molecule has 0 atom stereocenters. The highest BCUT2D eigenvalue weighted by atomic mass is 32.2. The van der Waals surface area contributed by atoms with Gasteiger partial charge in [0.2, 0.25) is 0 Å². The minimum absolute atomic E-state index is 0.103. The fourth-order valence-corrected chi connectivity index (χ4v) is 7.50. The van der Waals surface area contributed by atoms with Crippen LogP contribution >= 0.6 is 24.0 Å². The Kier molecular flexibility index (Phi) is 12.2. The van der Waals surface area contributed by atoms with Gasteiger partial charge in [-0.15, -0.1) is 0 Å². The second-order valence-electron chi connectivity index (χ2n) is 12.3. The summed E-state index contributed by atoms with van der Waals surface area (Å²) in [6, 6.07) is 14.3. The Balaban J connectivity index is 1.26. The monoisotopic (exact) mass is 645 g/mol. The normalized spacial score (nSPS) is 16.9.